The molecule has 1 aromatic heterocycles. The van der Waals surface area contributed by atoms with Gasteiger partial charge in [0.2, 0.25) is 0 Å². The van der Waals surface area contributed by atoms with Crippen molar-refractivity contribution in [2.75, 3.05) is 0 Å². The third-order valence-electron chi connectivity index (χ3n) is 13.0. The maximum Gasteiger partial charge on any atom is 0.0776 e. The number of hydrogen-bond donors (Lipinski definition) is 0. The number of fused-ring (bicyclic) bond motifs is 5. The molecule has 1 heterocycles. The molecule has 10 aromatic rings. The zero-order valence-corrected chi connectivity index (χ0v) is 37.8. The van der Waals surface area contributed by atoms with Crippen molar-refractivity contribution in [3.8, 4) is 72.6 Å². The molecule has 0 aliphatic heterocycles. The molecule has 0 atom stereocenters. The summed E-state index contributed by atoms with van der Waals surface area (Å²) in [7, 11) is -3.25. The topological polar surface area (TPSA) is 4.93 Å². The summed E-state index contributed by atoms with van der Waals surface area (Å²) in [5, 5.41) is 9.36. The molecule has 9 aromatic carbocycles. The standard InChI is InChI=1S/C58H49NSi2/c1-60(2,3)42-26-17-24-40(36-42)54-46-30-15-16-33-50(46)59(58(54)41-25-18-27-43(37-41)61(4,5)6)51-35-34-49-55-47(51)31-19-32-48(55)56-52(38-20-9-7-10-21-38)44-28-13-14-29-45(44)53(57(49)56)39-22-11-8-12-23-39/h7-37H,1-6H3. The lowest BCUT2D eigenvalue weighted by molar-refractivity contribution is 1.15. The number of hydrogen-bond acceptors (Lipinski definition) is 0. The zero-order chi connectivity index (χ0) is 41.6. The molecule has 11 rings (SSSR count). The minimum absolute atomic E-state index is 1.21. The second kappa shape index (κ2) is 14.0. The third-order valence-corrected chi connectivity index (χ3v) is 17.1. The molecule has 0 spiro atoms. The second-order valence-corrected chi connectivity index (χ2v) is 29.0. The van der Waals surface area contributed by atoms with Gasteiger partial charge in [0.1, 0.15) is 0 Å². The number of nitrogens with zero attached hydrogens (tertiary/aromatic N) is 1. The first-order valence-corrected chi connectivity index (χ1v) is 28.7. The summed E-state index contributed by atoms with van der Waals surface area (Å²) < 4.78 is 2.60. The van der Waals surface area contributed by atoms with Crippen molar-refractivity contribution in [1.29, 1.82) is 0 Å². The molecule has 0 N–H and O–H groups in total. The van der Waals surface area contributed by atoms with Gasteiger partial charge >= 0.3 is 0 Å². The highest BCUT2D eigenvalue weighted by Gasteiger charge is 2.32. The largest absolute Gasteiger partial charge is 0.308 e. The molecule has 1 aliphatic rings. The SMILES string of the molecule is C[Si](C)(C)c1cccc(-c2c(-c3cccc([Si](C)(C)C)c3)n(-c3ccc4c5c(cccc35)-c3c-4c(-c4ccccc4)c4ccccc4c3-c3ccccc3)c3ccccc23)c1. The molecule has 0 radical (unpaired) electrons. The van der Waals surface area contributed by atoms with Crippen LogP contribution in [0.15, 0.2) is 188 Å². The lowest BCUT2D eigenvalue weighted by Crippen LogP contribution is -2.37. The first-order chi connectivity index (χ1) is 29.6. The molecule has 0 saturated heterocycles. The Bertz CT molecular complexity index is 3270. The molecule has 1 aliphatic carbocycles. The molecule has 294 valence electrons. The van der Waals surface area contributed by atoms with E-state index in [9.17, 15) is 0 Å². The van der Waals surface area contributed by atoms with Gasteiger partial charge in [0.05, 0.1) is 33.0 Å². The van der Waals surface area contributed by atoms with Gasteiger partial charge in [-0.05, 0) is 83.9 Å². The lowest BCUT2D eigenvalue weighted by Gasteiger charge is -2.21. The zero-order valence-electron chi connectivity index (χ0n) is 35.8. The van der Waals surface area contributed by atoms with Gasteiger partial charge < -0.3 is 4.57 Å². The predicted molar refractivity (Wildman–Crippen MR) is 270 cm³/mol. The van der Waals surface area contributed by atoms with Crippen LogP contribution in [0.5, 0.6) is 0 Å². The Morgan fingerprint density at radius 1 is 0.328 bits per heavy atom. The average molecular weight is 816 g/mol. The van der Waals surface area contributed by atoms with Crippen molar-refractivity contribution in [3.05, 3.63) is 188 Å². The van der Waals surface area contributed by atoms with E-state index in [4.69, 9.17) is 0 Å². The molecular formula is C58H49NSi2. The summed E-state index contributed by atoms with van der Waals surface area (Å²) in [5.74, 6) is 0. The fourth-order valence-electron chi connectivity index (χ4n) is 10.1. The van der Waals surface area contributed by atoms with Crippen molar-refractivity contribution < 1.29 is 0 Å². The van der Waals surface area contributed by atoms with E-state index < -0.39 is 16.1 Å². The van der Waals surface area contributed by atoms with Gasteiger partial charge in [-0.25, -0.2) is 0 Å². The maximum atomic E-state index is 2.60. The Hall–Kier alpha value is -6.53. The van der Waals surface area contributed by atoms with Gasteiger partial charge in [-0.1, -0.05) is 226 Å². The van der Waals surface area contributed by atoms with E-state index in [0.717, 1.165) is 0 Å². The van der Waals surface area contributed by atoms with Crippen LogP contribution in [0.1, 0.15) is 0 Å². The quantitative estimate of drug-likeness (QED) is 0.141. The van der Waals surface area contributed by atoms with Crippen LogP contribution >= 0.6 is 0 Å². The highest BCUT2D eigenvalue weighted by Crippen LogP contribution is 2.58. The molecular weight excluding hydrogens is 767 g/mol. The lowest BCUT2D eigenvalue weighted by atomic mass is 9.82. The van der Waals surface area contributed by atoms with Crippen molar-refractivity contribution in [2.24, 2.45) is 0 Å². The van der Waals surface area contributed by atoms with Crippen LogP contribution < -0.4 is 10.4 Å². The van der Waals surface area contributed by atoms with Crippen LogP contribution in [-0.4, -0.2) is 20.7 Å². The van der Waals surface area contributed by atoms with E-state index >= 15 is 0 Å². The average Bonchev–Trinajstić information content (AvgIpc) is 3.80. The molecule has 0 fully saturated rings. The molecule has 0 bridgehead atoms. The van der Waals surface area contributed by atoms with Gasteiger partial charge in [0, 0.05) is 16.3 Å². The van der Waals surface area contributed by atoms with E-state index in [1.807, 2.05) is 0 Å². The fraction of sp³-hybridized carbons (Fsp3) is 0.103. The molecule has 3 heteroatoms. The molecule has 0 saturated carbocycles. The first-order valence-electron chi connectivity index (χ1n) is 21.7. The Balaban J connectivity index is 1.28. The van der Waals surface area contributed by atoms with Crippen molar-refractivity contribution in [1.82, 2.24) is 4.57 Å². The summed E-state index contributed by atoms with van der Waals surface area (Å²) in [4.78, 5) is 0. The van der Waals surface area contributed by atoms with Gasteiger partial charge in [0.25, 0.3) is 0 Å². The Labute approximate surface area is 361 Å². The van der Waals surface area contributed by atoms with Gasteiger partial charge in [0.15, 0.2) is 0 Å². The van der Waals surface area contributed by atoms with E-state index in [0.29, 0.717) is 0 Å². The molecule has 1 nitrogen and oxygen atoms in total. The van der Waals surface area contributed by atoms with Crippen LogP contribution in [0.4, 0.5) is 0 Å². The van der Waals surface area contributed by atoms with Crippen LogP contribution in [-0.2, 0) is 0 Å². The van der Waals surface area contributed by atoms with Gasteiger partial charge in [-0.3, -0.25) is 0 Å². The number of benzene rings is 9. The van der Waals surface area contributed by atoms with Crippen LogP contribution in [0.25, 0.3) is 105 Å². The summed E-state index contributed by atoms with van der Waals surface area (Å²) in [6, 6.07) is 71.1. The molecule has 61 heavy (non-hydrogen) atoms. The van der Waals surface area contributed by atoms with E-state index in [-0.39, 0.29) is 0 Å². The van der Waals surface area contributed by atoms with E-state index in [2.05, 4.69) is 232 Å². The number of para-hydroxylation sites is 1. The van der Waals surface area contributed by atoms with E-state index in [1.165, 1.54) is 115 Å². The second-order valence-electron chi connectivity index (χ2n) is 18.9. The minimum atomic E-state index is -1.64. The normalized spacial score (nSPS) is 12.4. The Kier molecular flexibility index (Phi) is 8.61. The van der Waals surface area contributed by atoms with Gasteiger partial charge in [-0.15, -0.1) is 0 Å². The smallest absolute Gasteiger partial charge is 0.0776 e. The summed E-state index contributed by atoms with van der Waals surface area (Å²) in [6.07, 6.45) is 0. The summed E-state index contributed by atoms with van der Waals surface area (Å²) in [6.45, 7) is 14.7. The monoisotopic (exact) mass is 815 g/mol. The highest BCUT2D eigenvalue weighted by molar-refractivity contribution is 6.89. The van der Waals surface area contributed by atoms with E-state index in [1.54, 1.807) is 0 Å². The van der Waals surface area contributed by atoms with Crippen molar-refractivity contribution in [3.63, 3.8) is 0 Å². The molecule has 0 amide bonds. The Morgan fingerprint density at radius 2 is 0.787 bits per heavy atom. The number of rotatable bonds is 7. The van der Waals surface area contributed by atoms with Crippen LogP contribution in [0.2, 0.25) is 39.3 Å². The van der Waals surface area contributed by atoms with Crippen molar-refractivity contribution >= 4 is 59.0 Å². The summed E-state index contributed by atoms with van der Waals surface area (Å²) in [5.41, 5.74) is 17.9. The third kappa shape index (κ3) is 5.94. The molecule has 0 unspecified atom stereocenters. The highest BCUT2D eigenvalue weighted by atomic mass is 28.3. The number of aromatic nitrogens is 1. The van der Waals surface area contributed by atoms with Crippen LogP contribution in [0.3, 0.4) is 0 Å². The summed E-state index contributed by atoms with van der Waals surface area (Å²) >= 11 is 0. The fourth-order valence-corrected chi connectivity index (χ4v) is 12.5. The Morgan fingerprint density at radius 3 is 1.38 bits per heavy atom. The predicted octanol–water partition coefficient (Wildman–Crippen LogP) is 15.3. The van der Waals surface area contributed by atoms with Crippen LogP contribution in [0, 0.1) is 0 Å². The van der Waals surface area contributed by atoms with Crippen molar-refractivity contribution in [2.45, 2.75) is 39.3 Å². The minimum Gasteiger partial charge on any atom is -0.308 e. The van der Waals surface area contributed by atoms with Gasteiger partial charge in [-0.2, -0.15) is 0 Å². The maximum absolute atomic E-state index is 2.60. The first kappa shape index (κ1) is 37.5.